The molecule has 14 heteroatoms. The highest BCUT2D eigenvalue weighted by molar-refractivity contribution is 7.92. The quantitative estimate of drug-likeness (QED) is 0.262. The van der Waals surface area contributed by atoms with Crippen molar-refractivity contribution in [2.24, 2.45) is 17.8 Å². The van der Waals surface area contributed by atoms with Crippen molar-refractivity contribution in [1.82, 2.24) is 24.9 Å². The number of carbonyl (C=O) groups is 2. The van der Waals surface area contributed by atoms with E-state index in [0.717, 1.165) is 109 Å². The van der Waals surface area contributed by atoms with Gasteiger partial charge in [-0.25, -0.2) is 17.6 Å². The molecule has 5 heterocycles. The van der Waals surface area contributed by atoms with Crippen LogP contribution in [0, 0.1) is 23.6 Å². The molecule has 6 fully saturated rings. The smallest absolute Gasteiger partial charge is 0.407 e. The summed E-state index contributed by atoms with van der Waals surface area (Å²) < 4.78 is 47.0. The van der Waals surface area contributed by atoms with Crippen LogP contribution >= 0.6 is 0 Å². The van der Waals surface area contributed by atoms with Gasteiger partial charge in [0.15, 0.2) is 9.84 Å². The number of hydrogen-bond acceptors (Lipinski definition) is 10. The standard InChI is InChI=1S/C46H65FN6O6S/c1-45(56)18-25-49(26-19-45)20-5-11-43(54)53-31-40(32-53)60(57,58)39-14-12-38(13-15-39)52-29-34(30-52)28-50-23-16-35(17-24-50)46(33-51-21-6-22-51,36-7-3-8-37(47)27-36)41-9-4-10-42(41)48-44(55)59-2/h3,5,7-8,11-15,27,34-35,40-42,56H,4,6,9-10,16-26,28-33H2,1-2H3,(H,48,55)/b11-5+/t41-,42-,46-/m0/s1. The highest BCUT2D eigenvalue weighted by Crippen LogP contribution is 2.51. The Morgan fingerprint density at radius 2 is 1.63 bits per heavy atom. The van der Waals surface area contributed by atoms with Crippen LogP contribution in [0.3, 0.4) is 0 Å². The lowest BCUT2D eigenvalue weighted by atomic mass is 9.57. The van der Waals surface area contributed by atoms with Crippen molar-refractivity contribution in [3.8, 4) is 0 Å². The Balaban J connectivity index is 0.825. The number of hydrogen-bond donors (Lipinski definition) is 2. The van der Waals surface area contributed by atoms with Gasteiger partial charge in [-0.3, -0.25) is 9.69 Å². The molecule has 2 aromatic rings. The molecule has 60 heavy (non-hydrogen) atoms. The number of sulfone groups is 1. The van der Waals surface area contributed by atoms with Crippen molar-refractivity contribution in [2.45, 2.75) is 85.5 Å². The van der Waals surface area contributed by atoms with Gasteiger partial charge in [0.25, 0.3) is 0 Å². The number of nitrogens with zero attached hydrogens (tertiary/aromatic N) is 5. The van der Waals surface area contributed by atoms with Crippen LogP contribution in [0.4, 0.5) is 14.9 Å². The SMILES string of the molecule is COC(=O)N[C@H]1CCC[C@@H]1[C@](CN1CCC1)(c1cccc(F)c1)C1CCN(CC2CN(c3ccc(S(=O)(=O)C4CN(C(=O)/C=C/CN5CCC(C)(O)CC5)C4)cc3)C2)CC1. The molecule has 2 amide bonds. The first-order valence-electron chi connectivity index (χ1n) is 22.4. The Hall–Kier alpha value is -3.56. The molecule has 1 aliphatic carbocycles. The minimum atomic E-state index is -3.55. The van der Waals surface area contributed by atoms with Gasteiger partial charge < -0.3 is 34.8 Å². The molecule has 6 aliphatic rings. The van der Waals surface area contributed by atoms with Gasteiger partial charge in [-0.15, -0.1) is 0 Å². The second-order valence-corrected chi connectivity index (χ2v) is 21.1. The van der Waals surface area contributed by atoms with Gasteiger partial charge in [0.2, 0.25) is 5.91 Å². The third-order valence-electron chi connectivity index (χ3n) is 14.9. The van der Waals surface area contributed by atoms with E-state index >= 15 is 4.39 Å². The van der Waals surface area contributed by atoms with Gasteiger partial charge in [-0.05, 0) is 132 Å². The fraction of sp³-hybridized carbons (Fsp3) is 0.652. The fourth-order valence-electron chi connectivity index (χ4n) is 11.1. The zero-order valence-corrected chi connectivity index (χ0v) is 36.3. The maximum Gasteiger partial charge on any atom is 0.407 e. The van der Waals surface area contributed by atoms with Gasteiger partial charge in [0.05, 0.1) is 17.6 Å². The van der Waals surface area contributed by atoms with E-state index in [0.29, 0.717) is 36.1 Å². The first-order chi connectivity index (χ1) is 28.8. The summed E-state index contributed by atoms with van der Waals surface area (Å²) in [6.45, 7) is 12.3. The summed E-state index contributed by atoms with van der Waals surface area (Å²) in [6, 6.07) is 14.5. The minimum absolute atomic E-state index is 0.0148. The number of halogens is 1. The third kappa shape index (κ3) is 9.28. The Labute approximate surface area is 356 Å². The maximum atomic E-state index is 15.0. The molecule has 0 spiro atoms. The summed E-state index contributed by atoms with van der Waals surface area (Å²) in [7, 11) is -2.14. The first kappa shape index (κ1) is 43.1. The molecule has 0 bridgehead atoms. The zero-order valence-electron chi connectivity index (χ0n) is 35.5. The lowest BCUT2D eigenvalue weighted by Gasteiger charge is -2.54. The molecule has 5 aliphatic heterocycles. The van der Waals surface area contributed by atoms with E-state index in [1.807, 2.05) is 31.2 Å². The van der Waals surface area contributed by atoms with Crippen molar-refractivity contribution in [2.75, 3.05) is 97.1 Å². The number of aliphatic hydroxyl groups is 1. The molecule has 2 N–H and O–H groups in total. The van der Waals surface area contributed by atoms with E-state index < -0.39 is 26.8 Å². The van der Waals surface area contributed by atoms with E-state index in [4.69, 9.17) is 4.74 Å². The summed E-state index contributed by atoms with van der Waals surface area (Å²) in [6.07, 6.45) is 10.6. The highest BCUT2D eigenvalue weighted by Gasteiger charge is 2.53. The van der Waals surface area contributed by atoms with Crippen molar-refractivity contribution in [3.63, 3.8) is 0 Å². The molecule has 0 aromatic heterocycles. The van der Waals surface area contributed by atoms with Crippen LogP contribution in [0.5, 0.6) is 0 Å². The van der Waals surface area contributed by atoms with E-state index in [1.165, 1.54) is 19.6 Å². The van der Waals surface area contributed by atoms with Crippen LogP contribution in [0.2, 0.25) is 0 Å². The summed E-state index contributed by atoms with van der Waals surface area (Å²) in [5.41, 5.74) is 1.20. The van der Waals surface area contributed by atoms with Crippen LogP contribution in [0.25, 0.3) is 0 Å². The molecule has 328 valence electrons. The lowest BCUT2D eigenvalue weighted by Crippen LogP contribution is -2.60. The molecule has 8 rings (SSSR count). The number of carbonyl (C=O) groups excluding carboxylic acids is 2. The molecule has 12 nitrogen and oxygen atoms in total. The summed E-state index contributed by atoms with van der Waals surface area (Å²) in [5.74, 6) is 0.692. The van der Waals surface area contributed by atoms with Crippen LogP contribution in [-0.4, -0.2) is 154 Å². The van der Waals surface area contributed by atoms with Crippen molar-refractivity contribution < 1.29 is 32.2 Å². The topological polar surface area (TPSA) is 126 Å². The Morgan fingerprint density at radius 3 is 2.28 bits per heavy atom. The molecular formula is C46H65FN6O6S. The molecule has 0 unspecified atom stereocenters. The normalized spacial score (nSPS) is 26.0. The number of rotatable bonds is 14. The Morgan fingerprint density at radius 1 is 0.917 bits per heavy atom. The molecule has 0 radical (unpaired) electrons. The van der Waals surface area contributed by atoms with Crippen molar-refractivity contribution in [3.05, 3.63) is 72.1 Å². The van der Waals surface area contributed by atoms with Crippen LogP contribution < -0.4 is 10.2 Å². The van der Waals surface area contributed by atoms with Gasteiger partial charge in [0, 0.05) is 88.0 Å². The molecule has 3 atom stereocenters. The van der Waals surface area contributed by atoms with Gasteiger partial charge >= 0.3 is 6.09 Å². The summed E-state index contributed by atoms with van der Waals surface area (Å²) in [4.78, 5) is 36.8. The van der Waals surface area contributed by atoms with Crippen LogP contribution in [0.1, 0.15) is 63.9 Å². The second kappa shape index (κ2) is 18.0. The van der Waals surface area contributed by atoms with Gasteiger partial charge in [-0.2, -0.15) is 0 Å². The van der Waals surface area contributed by atoms with E-state index in [9.17, 15) is 23.1 Å². The second-order valence-electron chi connectivity index (χ2n) is 18.9. The number of piperidine rings is 2. The predicted molar refractivity (Wildman–Crippen MR) is 230 cm³/mol. The average Bonchev–Trinajstić information content (AvgIpc) is 3.64. The average molecular weight is 849 g/mol. The van der Waals surface area contributed by atoms with E-state index in [-0.39, 0.29) is 42.2 Å². The molecular weight excluding hydrogens is 784 g/mol. The van der Waals surface area contributed by atoms with E-state index in [2.05, 4.69) is 31.0 Å². The third-order valence-corrected chi connectivity index (χ3v) is 17.0. The largest absolute Gasteiger partial charge is 0.453 e. The summed E-state index contributed by atoms with van der Waals surface area (Å²) in [5, 5.41) is 12.7. The van der Waals surface area contributed by atoms with Gasteiger partial charge in [-0.1, -0.05) is 24.6 Å². The fourth-order valence-corrected chi connectivity index (χ4v) is 12.8. The monoisotopic (exact) mass is 848 g/mol. The van der Waals surface area contributed by atoms with Gasteiger partial charge in [0.1, 0.15) is 11.1 Å². The van der Waals surface area contributed by atoms with Crippen molar-refractivity contribution >= 4 is 27.5 Å². The maximum absolute atomic E-state index is 15.0. The number of anilines is 1. The zero-order chi connectivity index (χ0) is 42.1. The van der Waals surface area contributed by atoms with Crippen LogP contribution in [0.15, 0.2) is 65.6 Å². The van der Waals surface area contributed by atoms with Crippen LogP contribution in [-0.2, 0) is 24.8 Å². The van der Waals surface area contributed by atoms with E-state index in [1.54, 1.807) is 29.2 Å². The highest BCUT2D eigenvalue weighted by atomic mass is 32.2. The molecule has 2 aromatic carbocycles. The predicted octanol–water partition coefficient (Wildman–Crippen LogP) is 4.53. The Kier molecular flexibility index (Phi) is 13.0. The first-order valence-corrected chi connectivity index (χ1v) is 23.9. The number of methoxy groups -OCH3 is 1. The number of benzene rings is 2. The Bertz CT molecular complexity index is 1950. The number of alkyl carbamates (subject to hydrolysis) is 1. The number of likely N-dealkylation sites (tertiary alicyclic amines) is 4. The summed E-state index contributed by atoms with van der Waals surface area (Å²) >= 11 is 0. The number of amides is 2. The molecule has 5 saturated heterocycles. The number of nitrogens with one attached hydrogen (secondary N) is 1. The van der Waals surface area contributed by atoms with Crippen molar-refractivity contribution in [1.29, 1.82) is 0 Å². The number of ether oxygens (including phenoxy) is 1. The minimum Gasteiger partial charge on any atom is -0.453 e. The lowest BCUT2D eigenvalue weighted by molar-refractivity contribution is -0.129. The molecule has 1 saturated carbocycles.